The lowest BCUT2D eigenvalue weighted by Crippen LogP contribution is -2.00. The Labute approximate surface area is 81.4 Å². The third-order valence-electron chi connectivity index (χ3n) is 1.61. The van der Waals surface area contributed by atoms with Crippen LogP contribution >= 0.6 is 10.7 Å². The summed E-state index contributed by atoms with van der Waals surface area (Å²) in [6, 6.07) is 6.58. The van der Waals surface area contributed by atoms with Gasteiger partial charge < -0.3 is 5.11 Å². The van der Waals surface area contributed by atoms with Crippen LogP contribution in [0.4, 0.5) is 0 Å². The number of aryl methyl sites for hydroxylation is 1. The Morgan fingerprint density at radius 2 is 1.92 bits per heavy atom. The largest absolute Gasteiger partial charge is 0.508 e. The van der Waals surface area contributed by atoms with Gasteiger partial charge in [-0.3, -0.25) is 0 Å². The highest BCUT2D eigenvalue weighted by Gasteiger charge is 2.07. The van der Waals surface area contributed by atoms with Gasteiger partial charge in [0.15, 0.2) is 0 Å². The van der Waals surface area contributed by atoms with Crippen molar-refractivity contribution in [2.45, 2.75) is 6.42 Å². The Bertz CT molecular complexity index is 386. The van der Waals surface area contributed by atoms with E-state index in [9.17, 15) is 13.5 Å². The fraction of sp³-hybridized carbons (Fsp3) is 0.250. The molecule has 72 valence electrons. The second-order valence-corrected chi connectivity index (χ2v) is 5.52. The van der Waals surface area contributed by atoms with E-state index >= 15 is 0 Å². The van der Waals surface area contributed by atoms with Gasteiger partial charge in [0.2, 0.25) is 9.05 Å². The van der Waals surface area contributed by atoms with E-state index in [4.69, 9.17) is 10.7 Å². The molecule has 0 aromatic heterocycles. The average molecular weight is 221 g/mol. The molecule has 5 heteroatoms. The zero-order chi connectivity index (χ0) is 9.90. The second kappa shape index (κ2) is 3.98. The molecule has 0 aliphatic carbocycles. The van der Waals surface area contributed by atoms with E-state index in [0.29, 0.717) is 5.56 Å². The van der Waals surface area contributed by atoms with Crippen LogP contribution in [0.25, 0.3) is 0 Å². The van der Waals surface area contributed by atoms with Crippen molar-refractivity contribution < 1.29 is 13.5 Å². The predicted molar refractivity (Wildman–Crippen MR) is 51.5 cm³/mol. The molecular formula is C8H9ClO3S. The van der Waals surface area contributed by atoms with Crippen molar-refractivity contribution in [3.8, 4) is 5.75 Å². The summed E-state index contributed by atoms with van der Waals surface area (Å²) >= 11 is 0. The number of halogens is 1. The summed E-state index contributed by atoms with van der Waals surface area (Å²) in [5.74, 6) is -0.0608. The number of phenolic OH excluding ortho intramolecular Hbond substituents is 1. The summed E-state index contributed by atoms with van der Waals surface area (Å²) < 4.78 is 21.2. The van der Waals surface area contributed by atoms with Crippen LogP contribution in [0.2, 0.25) is 0 Å². The molecule has 0 spiro atoms. The number of phenols is 1. The summed E-state index contributed by atoms with van der Waals surface area (Å²) in [6.45, 7) is 0. The molecule has 0 amide bonds. The first-order valence-electron chi connectivity index (χ1n) is 3.68. The third-order valence-corrected chi connectivity index (χ3v) is 2.76. The van der Waals surface area contributed by atoms with Crippen molar-refractivity contribution >= 4 is 19.7 Å². The highest BCUT2D eigenvalue weighted by molar-refractivity contribution is 8.13. The number of rotatable bonds is 3. The van der Waals surface area contributed by atoms with Gasteiger partial charge >= 0.3 is 0 Å². The van der Waals surface area contributed by atoms with Crippen molar-refractivity contribution in [1.29, 1.82) is 0 Å². The normalized spacial score (nSPS) is 11.5. The SMILES string of the molecule is O=S(=O)(Cl)CCc1ccccc1O. The Morgan fingerprint density at radius 3 is 2.46 bits per heavy atom. The minimum absolute atomic E-state index is 0.0998. The molecule has 3 nitrogen and oxygen atoms in total. The van der Waals surface area contributed by atoms with Crippen LogP contribution in [0.3, 0.4) is 0 Å². The van der Waals surface area contributed by atoms with Crippen LogP contribution in [0.5, 0.6) is 5.75 Å². The van der Waals surface area contributed by atoms with Crippen molar-refractivity contribution in [2.75, 3.05) is 5.75 Å². The Kier molecular flexibility index (Phi) is 3.17. The van der Waals surface area contributed by atoms with Crippen LogP contribution in [0, 0.1) is 0 Å². The van der Waals surface area contributed by atoms with Gasteiger partial charge in [-0.05, 0) is 18.1 Å². The maximum Gasteiger partial charge on any atom is 0.232 e. The minimum Gasteiger partial charge on any atom is -0.508 e. The van der Waals surface area contributed by atoms with E-state index in [-0.39, 0.29) is 17.9 Å². The molecule has 0 heterocycles. The summed E-state index contributed by atoms with van der Waals surface area (Å²) in [5, 5.41) is 9.27. The summed E-state index contributed by atoms with van der Waals surface area (Å²) in [5.41, 5.74) is 0.590. The van der Waals surface area contributed by atoms with Crippen LogP contribution in [0.15, 0.2) is 24.3 Å². The van der Waals surface area contributed by atoms with Gasteiger partial charge in [0.1, 0.15) is 5.75 Å². The monoisotopic (exact) mass is 220 g/mol. The topological polar surface area (TPSA) is 54.4 Å². The molecule has 0 aliphatic rings. The second-order valence-electron chi connectivity index (χ2n) is 2.62. The summed E-state index contributed by atoms with van der Waals surface area (Å²) in [4.78, 5) is 0. The van der Waals surface area contributed by atoms with E-state index in [1.165, 1.54) is 6.07 Å². The molecule has 0 saturated carbocycles. The molecule has 1 aromatic carbocycles. The van der Waals surface area contributed by atoms with Crippen molar-refractivity contribution in [3.05, 3.63) is 29.8 Å². The van der Waals surface area contributed by atoms with Crippen molar-refractivity contribution in [3.63, 3.8) is 0 Å². The zero-order valence-electron chi connectivity index (χ0n) is 6.77. The van der Waals surface area contributed by atoms with Gasteiger partial charge in [-0.25, -0.2) is 8.42 Å². The smallest absolute Gasteiger partial charge is 0.232 e. The number of hydrogen-bond donors (Lipinski definition) is 1. The fourth-order valence-electron chi connectivity index (χ4n) is 0.954. The highest BCUT2D eigenvalue weighted by Crippen LogP contribution is 2.17. The maximum atomic E-state index is 10.6. The van der Waals surface area contributed by atoms with Crippen molar-refractivity contribution in [1.82, 2.24) is 0 Å². The van der Waals surface area contributed by atoms with Gasteiger partial charge in [-0.2, -0.15) is 0 Å². The van der Waals surface area contributed by atoms with Gasteiger partial charge in [-0.15, -0.1) is 0 Å². The average Bonchev–Trinajstić information content (AvgIpc) is 2.01. The summed E-state index contributed by atoms with van der Waals surface area (Å²) in [7, 11) is 1.55. The lowest BCUT2D eigenvalue weighted by Gasteiger charge is -2.01. The lowest BCUT2D eigenvalue weighted by atomic mass is 10.1. The lowest BCUT2D eigenvalue weighted by molar-refractivity contribution is 0.469. The first-order chi connectivity index (χ1) is 5.99. The van der Waals surface area contributed by atoms with E-state index < -0.39 is 9.05 Å². The number of benzene rings is 1. The molecule has 1 rings (SSSR count). The van der Waals surface area contributed by atoms with Crippen molar-refractivity contribution in [2.24, 2.45) is 0 Å². The van der Waals surface area contributed by atoms with Gasteiger partial charge in [0.25, 0.3) is 0 Å². The number of aromatic hydroxyl groups is 1. The van der Waals surface area contributed by atoms with E-state index in [1.807, 2.05) is 0 Å². The van der Waals surface area contributed by atoms with Gasteiger partial charge in [0, 0.05) is 10.7 Å². The van der Waals surface area contributed by atoms with Gasteiger partial charge in [0.05, 0.1) is 5.75 Å². The van der Waals surface area contributed by atoms with E-state index in [1.54, 1.807) is 18.2 Å². The number of hydrogen-bond acceptors (Lipinski definition) is 3. The standard InChI is InChI=1S/C8H9ClO3S/c9-13(11,12)6-5-7-3-1-2-4-8(7)10/h1-4,10H,5-6H2. The molecule has 0 bridgehead atoms. The third kappa shape index (κ3) is 3.65. The number of para-hydroxylation sites is 1. The van der Waals surface area contributed by atoms with Crippen LogP contribution in [-0.4, -0.2) is 19.3 Å². The molecule has 1 N–H and O–H groups in total. The van der Waals surface area contributed by atoms with Gasteiger partial charge in [-0.1, -0.05) is 18.2 Å². The van der Waals surface area contributed by atoms with Crippen LogP contribution in [0.1, 0.15) is 5.56 Å². The highest BCUT2D eigenvalue weighted by atomic mass is 35.7. The summed E-state index contributed by atoms with van der Waals surface area (Å²) in [6.07, 6.45) is 0.235. The predicted octanol–water partition coefficient (Wildman–Crippen LogP) is 1.50. The molecule has 0 aliphatic heterocycles. The molecule has 0 radical (unpaired) electrons. The molecule has 0 unspecified atom stereocenters. The first kappa shape index (κ1) is 10.3. The minimum atomic E-state index is -3.48. The Morgan fingerprint density at radius 1 is 1.31 bits per heavy atom. The zero-order valence-corrected chi connectivity index (χ0v) is 8.35. The molecule has 1 aromatic rings. The fourth-order valence-corrected chi connectivity index (χ4v) is 1.65. The molecular weight excluding hydrogens is 212 g/mol. The molecule has 0 fully saturated rings. The van der Waals surface area contributed by atoms with Crippen LogP contribution in [-0.2, 0) is 15.5 Å². The Balaban J connectivity index is 2.71. The van der Waals surface area contributed by atoms with Crippen LogP contribution < -0.4 is 0 Å². The maximum absolute atomic E-state index is 10.6. The molecule has 0 saturated heterocycles. The van der Waals surface area contributed by atoms with E-state index in [2.05, 4.69) is 0 Å². The Hall–Kier alpha value is -0.740. The molecule has 0 atom stereocenters. The first-order valence-corrected chi connectivity index (χ1v) is 6.16. The molecule has 13 heavy (non-hydrogen) atoms. The van der Waals surface area contributed by atoms with E-state index in [0.717, 1.165) is 0 Å². The quantitative estimate of drug-likeness (QED) is 0.786.